The molecule has 1 aromatic rings. The standard InChI is InChI=1S/C15H17BrClF/c16-9-15(7-10-4-5-11(15)6-10)8-12-13(17)2-1-3-14(12)18/h1-3,10-11H,4-9H2. The molecule has 0 aromatic heterocycles. The molecule has 0 heterocycles. The van der Waals surface area contributed by atoms with Crippen LogP contribution in [0.2, 0.25) is 5.02 Å². The van der Waals surface area contributed by atoms with E-state index in [9.17, 15) is 4.39 Å². The highest BCUT2D eigenvalue weighted by Gasteiger charge is 2.50. The fourth-order valence-electron chi connectivity index (χ4n) is 4.04. The van der Waals surface area contributed by atoms with E-state index in [1.165, 1.54) is 31.7 Å². The van der Waals surface area contributed by atoms with Crippen molar-refractivity contribution in [2.24, 2.45) is 17.3 Å². The zero-order valence-electron chi connectivity index (χ0n) is 10.3. The van der Waals surface area contributed by atoms with Gasteiger partial charge in [-0.1, -0.05) is 40.0 Å². The molecule has 3 atom stereocenters. The Morgan fingerprint density at radius 1 is 1.39 bits per heavy atom. The summed E-state index contributed by atoms with van der Waals surface area (Å²) in [6.07, 6.45) is 6.02. The van der Waals surface area contributed by atoms with E-state index in [4.69, 9.17) is 11.6 Å². The third-order valence-electron chi connectivity index (χ3n) is 4.96. The molecule has 2 aliphatic rings. The van der Waals surface area contributed by atoms with Crippen molar-refractivity contribution in [3.05, 3.63) is 34.6 Å². The number of rotatable bonds is 3. The number of hydrogen-bond donors (Lipinski definition) is 0. The van der Waals surface area contributed by atoms with Crippen LogP contribution in [0.5, 0.6) is 0 Å². The lowest BCUT2D eigenvalue weighted by molar-refractivity contribution is 0.195. The smallest absolute Gasteiger partial charge is 0.127 e. The Morgan fingerprint density at radius 3 is 2.78 bits per heavy atom. The molecule has 3 rings (SSSR count). The Kier molecular flexibility index (Phi) is 3.44. The van der Waals surface area contributed by atoms with Gasteiger partial charge in [-0.2, -0.15) is 0 Å². The van der Waals surface area contributed by atoms with E-state index in [1.807, 2.05) is 0 Å². The van der Waals surface area contributed by atoms with Crippen LogP contribution < -0.4 is 0 Å². The molecule has 0 amide bonds. The number of fused-ring (bicyclic) bond motifs is 2. The predicted octanol–water partition coefficient (Wildman–Crippen LogP) is 5.22. The number of hydrogen-bond acceptors (Lipinski definition) is 0. The van der Waals surface area contributed by atoms with E-state index >= 15 is 0 Å². The van der Waals surface area contributed by atoms with Crippen molar-refractivity contribution < 1.29 is 4.39 Å². The summed E-state index contributed by atoms with van der Waals surface area (Å²) in [6, 6.07) is 5.01. The molecule has 3 heteroatoms. The monoisotopic (exact) mass is 330 g/mol. The van der Waals surface area contributed by atoms with Crippen molar-refractivity contribution in [3.8, 4) is 0 Å². The second-order valence-corrected chi connectivity index (χ2v) is 6.92. The average Bonchev–Trinajstić information content (AvgIpc) is 2.95. The zero-order valence-corrected chi connectivity index (χ0v) is 12.6. The summed E-state index contributed by atoms with van der Waals surface area (Å²) in [5.41, 5.74) is 0.945. The largest absolute Gasteiger partial charge is 0.207 e. The maximum Gasteiger partial charge on any atom is 0.127 e. The Hall–Kier alpha value is -0.0800. The second kappa shape index (κ2) is 4.79. The molecule has 2 bridgehead atoms. The Labute approximate surface area is 121 Å². The molecule has 2 aliphatic carbocycles. The van der Waals surface area contributed by atoms with Crippen LogP contribution in [0.15, 0.2) is 18.2 Å². The third kappa shape index (κ3) is 2.02. The summed E-state index contributed by atoms with van der Waals surface area (Å²) in [6.45, 7) is 0. The van der Waals surface area contributed by atoms with Gasteiger partial charge in [-0.15, -0.1) is 0 Å². The number of alkyl halides is 1. The molecule has 0 nitrogen and oxygen atoms in total. The summed E-state index contributed by atoms with van der Waals surface area (Å²) in [7, 11) is 0. The minimum atomic E-state index is -0.148. The average molecular weight is 332 g/mol. The van der Waals surface area contributed by atoms with E-state index in [0.717, 1.165) is 23.6 Å². The van der Waals surface area contributed by atoms with Gasteiger partial charge in [0, 0.05) is 15.9 Å². The van der Waals surface area contributed by atoms with Gasteiger partial charge >= 0.3 is 0 Å². The SMILES string of the molecule is Fc1cccc(Cl)c1CC1(CBr)CC2CCC1C2. The molecule has 98 valence electrons. The van der Waals surface area contributed by atoms with Crippen molar-refractivity contribution in [2.75, 3.05) is 5.33 Å². The number of benzene rings is 1. The van der Waals surface area contributed by atoms with Crippen molar-refractivity contribution in [1.29, 1.82) is 0 Å². The van der Waals surface area contributed by atoms with Crippen LogP contribution >= 0.6 is 27.5 Å². The summed E-state index contributed by atoms with van der Waals surface area (Å²) in [5.74, 6) is 1.46. The van der Waals surface area contributed by atoms with E-state index < -0.39 is 0 Å². The van der Waals surface area contributed by atoms with Crippen LogP contribution in [0.3, 0.4) is 0 Å². The number of halogens is 3. The highest BCUT2D eigenvalue weighted by Crippen LogP contribution is 2.58. The summed E-state index contributed by atoms with van der Waals surface area (Å²) >= 11 is 9.85. The van der Waals surface area contributed by atoms with Crippen molar-refractivity contribution in [3.63, 3.8) is 0 Å². The predicted molar refractivity (Wildman–Crippen MR) is 76.8 cm³/mol. The molecule has 0 saturated heterocycles. The van der Waals surface area contributed by atoms with Crippen LogP contribution in [0, 0.1) is 23.1 Å². The van der Waals surface area contributed by atoms with Crippen LogP contribution in [0.25, 0.3) is 0 Å². The van der Waals surface area contributed by atoms with Gasteiger partial charge in [0.2, 0.25) is 0 Å². The highest BCUT2D eigenvalue weighted by atomic mass is 79.9. The van der Waals surface area contributed by atoms with E-state index in [-0.39, 0.29) is 11.2 Å². The molecule has 0 aliphatic heterocycles. The van der Waals surface area contributed by atoms with E-state index in [2.05, 4.69) is 15.9 Å². The topological polar surface area (TPSA) is 0 Å². The Morgan fingerprint density at radius 2 is 2.22 bits per heavy atom. The minimum absolute atomic E-state index is 0.148. The first kappa shape index (κ1) is 12.9. The Bertz CT molecular complexity index is 442. The Balaban J connectivity index is 1.91. The first-order valence-electron chi connectivity index (χ1n) is 6.63. The third-order valence-corrected chi connectivity index (χ3v) is 6.43. The van der Waals surface area contributed by atoms with Crippen LogP contribution in [-0.4, -0.2) is 5.33 Å². The van der Waals surface area contributed by atoms with Gasteiger partial charge in [-0.3, -0.25) is 0 Å². The maximum absolute atomic E-state index is 14.0. The van der Waals surface area contributed by atoms with Gasteiger partial charge in [-0.05, 0) is 55.1 Å². The summed E-state index contributed by atoms with van der Waals surface area (Å²) in [5, 5.41) is 1.55. The lowest BCUT2D eigenvalue weighted by Gasteiger charge is -2.36. The first-order valence-corrected chi connectivity index (χ1v) is 8.13. The lowest BCUT2D eigenvalue weighted by Crippen LogP contribution is -2.32. The maximum atomic E-state index is 14.0. The lowest BCUT2D eigenvalue weighted by atomic mass is 9.71. The normalized spacial score (nSPS) is 34.2. The molecule has 18 heavy (non-hydrogen) atoms. The van der Waals surface area contributed by atoms with Gasteiger partial charge in [0.1, 0.15) is 5.82 Å². The minimum Gasteiger partial charge on any atom is -0.207 e. The van der Waals surface area contributed by atoms with E-state index in [1.54, 1.807) is 12.1 Å². The van der Waals surface area contributed by atoms with Crippen molar-refractivity contribution in [1.82, 2.24) is 0 Å². The molecule has 0 N–H and O–H groups in total. The zero-order chi connectivity index (χ0) is 12.8. The van der Waals surface area contributed by atoms with Crippen molar-refractivity contribution in [2.45, 2.75) is 32.1 Å². The molecular weight excluding hydrogens is 315 g/mol. The molecule has 3 unspecified atom stereocenters. The van der Waals surface area contributed by atoms with Gasteiger partial charge in [-0.25, -0.2) is 4.39 Å². The molecule has 2 saturated carbocycles. The van der Waals surface area contributed by atoms with Gasteiger partial charge in [0.15, 0.2) is 0 Å². The quantitative estimate of drug-likeness (QED) is 0.666. The highest BCUT2D eigenvalue weighted by molar-refractivity contribution is 9.09. The second-order valence-electron chi connectivity index (χ2n) is 5.95. The van der Waals surface area contributed by atoms with Gasteiger partial charge < -0.3 is 0 Å². The molecule has 2 fully saturated rings. The van der Waals surface area contributed by atoms with Crippen LogP contribution in [0.4, 0.5) is 4.39 Å². The van der Waals surface area contributed by atoms with Crippen LogP contribution in [0.1, 0.15) is 31.2 Å². The molecular formula is C15H17BrClF. The van der Waals surface area contributed by atoms with Crippen molar-refractivity contribution >= 4 is 27.5 Å². The molecule has 0 spiro atoms. The summed E-state index contributed by atoms with van der Waals surface area (Å²) < 4.78 is 14.0. The molecule has 1 aromatic carbocycles. The summed E-state index contributed by atoms with van der Waals surface area (Å²) in [4.78, 5) is 0. The fourth-order valence-corrected chi connectivity index (χ4v) is 5.15. The fraction of sp³-hybridized carbons (Fsp3) is 0.600. The van der Waals surface area contributed by atoms with Gasteiger partial charge in [0.05, 0.1) is 0 Å². The van der Waals surface area contributed by atoms with Crippen LogP contribution in [-0.2, 0) is 6.42 Å². The van der Waals surface area contributed by atoms with Gasteiger partial charge in [0.25, 0.3) is 0 Å². The molecule has 0 radical (unpaired) electrons. The first-order chi connectivity index (χ1) is 8.64. The van der Waals surface area contributed by atoms with E-state index in [0.29, 0.717) is 10.6 Å².